The quantitative estimate of drug-likeness (QED) is 0.873. The number of methoxy groups -OCH3 is 1. The number of piperidine rings is 2. The molecule has 0 radical (unpaired) electrons. The highest BCUT2D eigenvalue weighted by Crippen LogP contribution is 2.28. The second-order valence-corrected chi connectivity index (χ2v) is 5.52. The Morgan fingerprint density at radius 3 is 2.83 bits per heavy atom. The number of nitrogens with one attached hydrogen (secondary N) is 1. The van der Waals surface area contributed by atoms with Crippen LogP contribution < -0.4 is 10.2 Å². The summed E-state index contributed by atoms with van der Waals surface area (Å²) in [4.78, 5) is 6.83. The van der Waals surface area contributed by atoms with Crippen molar-refractivity contribution in [2.75, 3.05) is 38.2 Å². The van der Waals surface area contributed by atoms with Crippen molar-refractivity contribution in [3.8, 4) is 0 Å². The standard InChI is InChI=1S/C14H21N3O/c1-18-10-13-3-14(7-16-6-13)17-8-11-2-12(9-17)5-15-4-11/h3,6-7,11-12,15H,2,4-5,8-10H2,1H3. The molecule has 1 aromatic rings. The smallest absolute Gasteiger partial charge is 0.0728 e. The molecule has 3 heterocycles. The van der Waals surface area contributed by atoms with Gasteiger partial charge in [0.25, 0.3) is 0 Å². The normalized spacial score (nSPS) is 27.3. The molecule has 98 valence electrons. The van der Waals surface area contributed by atoms with Crippen LogP contribution in [-0.2, 0) is 11.3 Å². The van der Waals surface area contributed by atoms with Crippen LogP contribution in [0.15, 0.2) is 18.5 Å². The average Bonchev–Trinajstić information content (AvgIpc) is 2.39. The fourth-order valence-corrected chi connectivity index (χ4v) is 3.21. The molecular weight excluding hydrogens is 226 g/mol. The maximum Gasteiger partial charge on any atom is 0.0728 e. The van der Waals surface area contributed by atoms with E-state index in [1.165, 1.54) is 12.1 Å². The lowest BCUT2D eigenvalue weighted by atomic mass is 9.85. The first-order valence-corrected chi connectivity index (χ1v) is 6.73. The van der Waals surface area contributed by atoms with Crippen molar-refractivity contribution in [3.63, 3.8) is 0 Å². The second kappa shape index (κ2) is 5.24. The first-order valence-electron chi connectivity index (χ1n) is 6.73. The number of anilines is 1. The zero-order valence-electron chi connectivity index (χ0n) is 10.9. The van der Waals surface area contributed by atoms with E-state index in [9.17, 15) is 0 Å². The number of fused-ring (bicyclic) bond motifs is 2. The number of nitrogens with zero attached hydrogens (tertiary/aromatic N) is 2. The summed E-state index contributed by atoms with van der Waals surface area (Å²) >= 11 is 0. The Kier molecular flexibility index (Phi) is 3.48. The Labute approximate surface area is 108 Å². The minimum atomic E-state index is 0.642. The van der Waals surface area contributed by atoms with Crippen LogP contribution in [0.5, 0.6) is 0 Å². The van der Waals surface area contributed by atoms with Crippen molar-refractivity contribution in [1.29, 1.82) is 0 Å². The van der Waals surface area contributed by atoms with Gasteiger partial charge in [0.05, 0.1) is 18.5 Å². The summed E-state index contributed by atoms with van der Waals surface area (Å²) in [5.74, 6) is 1.59. The van der Waals surface area contributed by atoms with E-state index in [1.54, 1.807) is 7.11 Å². The zero-order chi connectivity index (χ0) is 12.4. The lowest BCUT2D eigenvalue weighted by Crippen LogP contribution is -2.51. The van der Waals surface area contributed by atoms with E-state index in [-0.39, 0.29) is 0 Å². The van der Waals surface area contributed by atoms with E-state index in [2.05, 4.69) is 21.3 Å². The maximum absolute atomic E-state index is 5.18. The Morgan fingerprint density at radius 2 is 2.11 bits per heavy atom. The topological polar surface area (TPSA) is 37.4 Å². The van der Waals surface area contributed by atoms with Crippen LogP contribution in [-0.4, -0.2) is 38.3 Å². The Balaban J connectivity index is 1.75. The van der Waals surface area contributed by atoms with E-state index in [4.69, 9.17) is 4.74 Å². The van der Waals surface area contributed by atoms with Crippen molar-refractivity contribution >= 4 is 5.69 Å². The molecule has 2 aliphatic rings. The van der Waals surface area contributed by atoms with Gasteiger partial charge in [0, 0.05) is 26.4 Å². The molecule has 2 saturated heterocycles. The second-order valence-electron chi connectivity index (χ2n) is 5.52. The molecule has 4 nitrogen and oxygen atoms in total. The predicted octanol–water partition coefficient (Wildman–Crippen LogP) is 1.27. The van der Waals surface area contributed by atoms with E-state index < -0.39 is 0 Å². The minimum absolute atomic E-state index is 0.642. The van der Waals surface area contributed by atoms with Crippen molar-refractivity contribution in [3.05, 3.63) is 24.0 Å². The van der Waals surface area contributed by atoms with Gasteiger partial charge in [-0.05, 0) is 43.0 Å². The molecule has 0 amide bonds. The van der Waals surface area contributed by atoms with E-state index in [0.29, 0.717) is 6.61 Å². The van der Waals surface area contributed by atoms with Gasteiger partial charge in [0.15, 0.2) is 0 Å². The van der Waals surface area contributed by atoms with E-state index in [1.807, 2.05) is 12.4 Å². The van der Waals surface area contributed by atoms with Crippen molar-refractivity contribution < 1.29 is 4.74 Å². The summed E-state index contributed by atoms with van der Waals surface area (Å²) in [6, 6.07) is 2.21. The van der Waals surface area contributed by atoms with Gasteiger partial charge in [0.2, 0.25) is 0 Å². The number of rotatable bonds is 3. The molecule has 0 aliphatic carbocycles. The third kappa shape index (κ3) is 2.49. The first kappa shape index (κ1) is 11.9. The average molecular weight is 247 g/mol. The van der Waals surface area contributed by atoms with Gasteiger partial charge >= 0.3 is 0 Å². The van der Waals surface area contributed by atoms with Crippen LogP contribution >= 0.6 is 0 Å². The highest BCUT2D eigenvalue weighted by Gasteiger charge is 2.30. The number of aromatic nitrogens is 1. The molecular formula is C14H21N3O. The molecule has 2 atom stereocenters. The van der Waals surface area contributed by atoms with Gasteiger partial charge in [-0.3, -0.25) is 4.98 Å². The highest BCUT2D eigenvalue weighted by atomic mass is 16.5. The summed E-state index contributed by atoms with van der Waals surface area (Å²) in [5.41, 5.74) is 2.41. The maximum atomic E-state index is 5.18. The number of hydrogen-bond acceptors (Lipinski definition) is 4. The molecule has 2 fully saturated rings. The van der Waals surface area contributed by atoms with Crippen LogP contribution in [0, 0.1) is 11.8 Å². The largest absolute Gasteiger partial charge is 0.380 e. The summed E-state index contributed by atoms with van der Waals surface area (Å²) < 4.78 is 5.18. The lowest BCUT2D eigenvalue weighted by molar-refractivity contribution is 0.184. The van der Waals surface area contributed by atoms with Gasteiger partial charge in [-0.25, -0.2) is 0 Å². The Morgan fingerprint density at radius 1 is 1.33 bits per heavy atom. The zero-order valence-corrected chi connectivity index (χ0v) is 10.9. The molecule has 1 N–H and O–H groups in total. The molecule has 2 unspecified atom stereocenters. The molecule has 3 rings (SSSR count). The fraction of sp³-hybridized carbons (Fsp3) is 0.643. The predicted molar refractivity (Wildman–Crippen MR) is 71.6 cm³/mol. The Bertz CT molecular complexity index is 398. The summed E-state index contributed by atoms with van der Waals surface area (Å²) in [6.07, 6.45) is 5.25. The highest BCUT2D eigenvalue weighted by molar-refractivity contribution is 5.46. The molecule has 0 saturated carbocycles. The fourth-order valence-electron chi connectivity index (χ4n) is 3.21. The van der Waals surface area contributed by atoms with Crippen molar-refractivity contribution in [2.45, 2.75) is 13.0 Å². The minimum Gasteiger partial charge on any atom is -0.380 e. The van der Waals surface area contributed by atoms with Crippen LogP contribution in [0.4, 0.5) is 5.69 Å². The van der Waals surface area contributed by atoms with Gasteiger partial charge in [-0.2, -0.15) is 0 Å². The molecule has 2 aliphatic heterocycles. The van der Waals surface area contributed by atoms with E-state index in [0.717, 1.165) is 43.6 Å². The third-order valence-corrected chi connectivity index (χ3v) is 3.95. The Hall–Kier alpha value is -1.13. The number of pyridine rings is 1. The first-order chi connectivity index (χ1) is 8.85. The van der Waals surface area contributed by atoms with Crippen molar-refractivity contribution in [1.82, 2.24) is 10.3 Å². The third-order valence-electron chi connectivity index (χ3n) is 3.95. The molecule has 0 spiro atoms. The van der Waals surface area contributed by atoms with Crippen LogP contribution in [0.25, 0.3) is 0 Å². The summed E-state index contributed by atoms with van der Waals surface area (Å²) in [5, 5.41) is 3.53. The number of ether oxygens (including phenoxy) is 1. The molecule has 0 aromatic carbocycles. The molecule has 2 bridgehead atoms. The van der Waals surface area contributed by atoms with Gasteiger partial charge in [-0.15, -0.1) is 0 Å². The summed E-state index contributed by atoms with van der Waals surface area (Å²) in [6.45, 7) is 5.28. The molecule has 1 aromatic heterocycles. The SMILES string of the molecule is COCc1cncc(N2CC3CNCC(C3)C2)c1. The van der Waals surface area contributed by atoms with E-state index >= 15 is 0 Å². The van der Waals surface area contributed by atoms with Gasteiger partial charge in [0.1, 0.15) is 0 Å². The van der Waals surface area contributed by atoms with Gasteiger partial charge < -0.3 is 15.0 Å². The molecule has 4 heteroatoms. The lowest BCUT2D eigenvalue weighted by Gasteiger charge is -2.42. The van der Waals surface area contributed by atoms with Crippen LogP contribution in [0.3, 0.4) is 0 Å². The molecule has 18 heavy (non-hydrogen) atoms. The van der Waals surface area contributed by atoms with Crippen molar-refractivity contribution in [2.24, 2.45) is 11.8 Å². The number of hydrogen-bond donors (Lipinski definition) is 1. The van der Waals surface area contributed by atoms with Crippen LogP contribution in [0.2, 0.25) is 0 Å². The summed E-state index contributed by atoms with van der Waals surface area (Å²) in [7, 11) is 1.73. The van der Waals surface area contributed by atoms with Gasteiger partial charge in [-0.1, -0.05) is 0 Å². The van der Waals surface area contributed by atoms with Crippen LogP contribution in [0.1, 0.15) is 12.0 Å². The monoisotopic (exact) mass is 247 g/mol.